The summed E-state index contributed by atoms with van der Waals surface area (Å²) >= 11 is 0. The minimum absolute atomic E-state index is 0.0306. The number of likely N-dealkylation sites (N-methyl/N-ethyl adjacent to an activating group) is 1. The summed E-state index contributed by atoms with van der Waals surface area (Å²) in [6.07, 6.45) is 0.0872. The Morgan fingerprint density at radius 2 is 1.83 bits per heavy atom. The first kappa shape index (κ1) is 28.0. The van der Waals surface area contributed by atoms with Gasteiger partial charge in [0.25, 0.3) is 11.8 Å². The standard InChI is InChI=1S/C29H29N3O9/c1-32(2)22-17-11-14-10-16-15(12-5-4-6-13(9-12)28(39)31-41-3)7-8-18(33)20(16)23(34)19(14)25(36)29(17,40)26(37)21(24(22)35)27(30)38/h4-9,14,17,22,33-34,37,40H,10-11H2,1-3H3,(H2,30,38)(H,31,39)/t14-,17-,22+,29-/m0/s1. The molecule has 1 fully saturated rings. The van der Waals surface area contributed by atoms with Crippen molar-refractivity contribution in [3.8, 4) is 16.9 Å². The van der Waals surface area contributed by atoms with Crippen LogP contribution in [0.3, 0.4) is 0 Å². The number of phenols is 1. The molecule has 0 aromatic heterocycles. The predicted octanol–water partition coefficient (Wildman–Crippen LogP) is 0.922. The minimum atomic E-state index is -2.71. The summed E-state index contributed by atoms with van der Waals surface area (Å²) in [5.74, 6) is -7.64. The predicted molar refractivity (Wildman–Crippen MR) is 144 cm³/mol. The third kappa shape index (κ3) is 4.02. The quantitative estimate of drug-likeness (QED) is 0.225. The number of aliphatic hydroxyl groups excluding tert-OH is 2. The third-order valence-electron chi connectivity index (χ3n) is 8.23. The minimum Gasteiger partial charge on any atom is -0.508 e. The van der Waals surface area contributed by atoms with Crippen LogP contribution in [-0.4, -0.2) is 81.6 Å². The molecule has 12 nitrogen and oxygen atoms in total. The molecule has 2 amide bonds. The van der Waals surface area contributed by atoms with E-state index in [2.05, 4.69) is 5.48 Å². The van der Waals surface area contributed by atoms with E-state index < -0.39 is 64.0 Å². The molecule has 2 aromatic rings. The summed E-state index contributed by atoms with van der Waals surface area (Å²) in [6, 6.07) is 8.39. The number of hydrogen-bond acceptors (Lipinski definition) is 10. The van der Waals surface area contributed by atoms with Crippen molar-refractivity contribution < 1.29 is 44.4 Å². The Kier molecular flexibility index (Phi) is 6.72. The number of carbonyl (C=O) groups excluding carboxylic acids is 4. The summed E-state index contributed by atoms with van der Waals surface area (Å²) in [5.41, 5.74) is 5.70. The van der Waals surface area contributed by atoms with E-state index in [4.69, 9.17) is 10.6 Å². The summed E-state index contributed by atoms with van der Waals surface area (Å²) in [5, 5.41) is 44.9. The first-order valence-electron chi connectivity index (χ1n) is 12.8. The SMILES string of the molecule is CONC(=O)c1cccc(-c2ccc(O)c3c2C[C@H]2C[C@H]4[C@@H](N(C)C)C(=O)C(C(N)=O)=C(O)[C@@]4(O)C(=O)C2=C3O)c1. The number of hydrogen-bond donors (Lipinski definition) is 6. The number of nitrogens with one attached hydrogen (secondary N) is 1. The Morgan fingerprint density at radius 1 is 1.12 bits per heavy atom. The monoisotopic (exact) mass is 563 g/mol. The van der Waals surface area contributed by atoms with Crippen molar-refractivity contribution in [1.82, 2.24) is 10.4 Å². The van der Waals surface area contributed by atoms with Gasteiger partial charge in [0.2, 0.25) is 5.78 Å². The van der Waals surface area contributed by atoms with Crippen molar-refractivity contribution in [2.24, 2.45) is 17.6 Å². The number of phenolic OH excluding ortho intramolecular Hbond substituents is 1. The number of benzene rings is 2. The molecule has 5 rings (SSSR count). The first-order valence-corrected chi connectivity index (χ1v) is 12.8. The second kappa shape index (κ2) is 9.84. The lowest BCUT2D eigenvalue weighted by atomic mass is 9.57. The van der Waals surface area contributed by atoms with Gasteiger partial charge >= 0.3 is 0 Å². The Hall–Kier alpha value is -4.52. The van der Waals surface area contributed by atoms with E-state index in [1.807, 2.05) is 0 Å². The summed E-state index contributed by atoms with van der Waals surface area (Å²) < 4.78 is 0. The fourth-order valence-corrected chi connectivity index (χ4v) is 6.49. The van der Waals surface area contributed by atoms with E-state index in [1.165, 1.54) is 32.2 Å². The van der Waals surface area contributed by atoms with Gasteiger partial charge in [0.1, 0.15) is 22.8 Å². The maximum absolute atomic E-state index is 14.0. The van der Waals surface area contributed by atoms with Gasteiger partial charge in [0.05, 0.1) is 18.7 Å². The smallest absolute Gasteiger partial charge is 0.274 e. The van der Waals surface area contributed by atoms with Crippen LogP contribution in [0, 0.1) is 11.8 Å². The third-order valence-corrected chi connectivity index (χ3v) is 8.23. The molecule has 3 aliphatic carbocycles. The Bertz CT molecular complexity index is 1590. The highest BCUT2D eigenvalue weighted by molar-refractivity contribution is 6.24. The zero-order chi connectivity index (χ0) is 30.0. The lowest BCUT2D eigenvalue weighted by Crippen LogP contribution is -2.65. The molecular weight excluding hydrogens is 534 g/mol. The molecule has 1 saturated carbocycles. The number of amides is 2. The normalized spacial score (nSPS) is 25.5. The fraction of sp³-hybridized carbons (Fsp3) is 0.310. The van der Waals surface area contributed by atoms with Gasteiger partial charge in [0, 0.05) is 17.1 Å². The van der Waals surface area contributed by atoms with Crippen molar-refractivity contribution in [3.63, 3.8) is 0 Å². The van der Waals surface area contributed by atoms with Gasteiger partial charge in [-0.25, -0.2) is 5.48 Å². The van der Waals surface area contributed by atoms with Gasteiger partial charge in [-0.05, 0) is 67.7 Å². The van der Waals surface area contributed by atoms with Gasteiger partial charge in [-0.15, -0.1) is 0 Å². The van der Waals surface area contributed by atoms with Crippen molar-refractivity contribution in [2.75, 3.05) is 21.2 Å². The van der Waals surface area contributed by atoms with Crippen LogP contribution in [-0.2, 0) is 25.6 Å². The number of hydroxylamine groups is 1. The van der Waals surface area contributed by atoms with Crippen molar-refractivity contribution >= 4 is 29.1 Å². The van der Waals surface area contributed by atoms with Crippen LogP contribution in [0.15, 0.2) is 53.3 Å². The van der Waals surface area contributed by atoms with Gasteiger partial charge in [-0.1, -0.05) is 18.2 Å². The molecule has 0 saturated heterocycles. The zero-order valence-electron chi connectivity index (χ0n) is 22.5. The molecule has 0 aliphatic heterocycles. The van der Waals surface area contributed by atoms with Crippen molar-refractivity contribution in [2.45, 2.75) is 24.5 Å². The average molecular weight is 564 g/mol. The number of primary amides is 1. The number of carbonyl (C=O) groups is 4. The number of aromatic hydroxyl groups is 1. The second-order valence-corrected chi connectivity index (χ2v) is 10.7. The molecular formula is C29H29N3O9. The first-order chi connectivity index (χ1) is 19.3. The number of aliphatic hydroxyl groups is 3. The number of rotatable bonds is 5. The van der Waals surface area contributed by atoms with E-state index in [9.17, 15) is 39.6 Å². The second-order valence-electron chi connectivity index (χ2n) is 10.7. The Balaban J connectivity index is 1.70. The van der Waals surface area contributed by atoms with E-state index in [0.717, 1.165) is 0 Å². The molecule has 4 atom stereocenters. The van der Waals surface area contributed by atoms with Crippen molar-refractivity contribution in [1.29, 1.82) is 0 Å². The molecule has 3 aliphatic rings. The molecule has 0 bridgehead atoms. The Labute approximate surface area is 234 Å². The largest absolute Gasteiger partial charge is 0.508 e. The number of ketones is 2. The van der Waals surface area contributed by atoms with Gasteiger partial charge < -0.3 is 26.2 Å². The maximum Gasteiger partial charge on any atom is 0.274 e. The van der Waals surface area contributed by atoms with Gasteiger partial charge in [-0.2, -0.15) is 0 Å². The number of nitrogens with zero attached hydrogens (tertiary/aromatic N) is 1. The highest BCUT2D eigenvalue weighted by atomic mass is 16.6. The molecule has 0 radical (unpaired) electrons. The topological polar surface area (TPSA) is 200 Å². The van der Waals surface area contributed by atoms with Crippen LogP contribution in [0.1, 0.15) is 27.9 Å². The molecule has 214 valence electrons. The maximum atomic E-state index is 14.0. The van der Waals surface area contributed by atoms with Crippen molar-refractivity contribution in [3.05, 3.63) is 70.0 Å². The number of nitrogens with two attached hydrogens (primary N) is 1. The Morgan fingerprint density at radius 3 is 2.46 bits per heavy atom. The van der Waals surface area contributed by atoms with Crippen LogP contribution in [0.2, 0.25) is 0 Å². The summed E-state index contributed by atoms with van der Waals surface area (Å²) in [6.45, 7) is 0. The summed E-state index contributed by atoms with van der Waals surface area (Å²) in [7, 11) is 4.38. The van der Waals surface area contributed by atoms with Crippen LogP contribution < -0.4 is 11.2 Å². The lowest BCUT2D eigenvalue weighted by molar-refractivity contribution is -0.153. The molecule has 0 unspecified atom stereocenters. The van der Waals surface area contributed by atoms with Crippen LogP contribution in [0.25, 0.3) is 16.9 Å². The molecule has 2 aromatic carbocycles. The highest BCUT2D eigenvalue weighted by Gasteiger charge is 2.64. The van der Waals surface area contributed by atoms with Gasteiger partial charge in [0.15, 0.2) is 11.4 Å². The van der Waals surface area contributed by atoms with E-state index >= 15 is 0 Å². The van der Waals surface area contributed by atoms with E-state index in [1.54, 1.807) is 30.3 Å². The molecule has 41 heavy (non-hydrogen) atoms. The number of fused-ring (bicyclic) bond motifs is 3. The fourth-order valence-electron chi connectivity index (χ4n) is 6.49. The zero-order valence-corrected chi connectivity index (χ0v) is 22.5. The van der Waals surface area contributed by atoms with E-state index in [0.29, 0.717) is 22.3 Å². The van der Waals surface area contributed by atoms with Gasteiger partial charge in [-0.3, -0.25) is 28.9 Å². The van der Waals surface area contributed by atoms with Crippen LogP contribution in [0.5, 0.6) is 5.75 Å². The van der Waals surface area contributed by atoms with Crippen LogP contribution in [0.4, 0.5) is 0 Å². The van der Waals surface area contributed by atoms with E-state index in [-0.39, 0.29) is 29.7 Å². The molecule has 0 heterocycles. The highest BCUT2D eigenvalue weighted by Crippen LogP contribution is 2.53. The molecule has 12 heteroatoms. The molecule has 0 spiro atoms. The average Bonchev–Trinajstić information content (AvgIpc) is 2.90. The summed E-state index contributed by atoms with van der Waals surface area (Å²) in [4.78, 5) is 57.8. The molecule has 7 N–H and O–H groups in total. The number of Topliss-reactive ketones (excluding diaryl/α,β-unsaturated/α-hetero) is 2. The van der Waals surface area contributed by atoms with Crippen LogP contribution >= 0.6 is 0 Å². The lowest BCUT2D eigenvalue weighted by Gasteiger charge is -2.50.